The number of hydrogen-bond acceptors (Lipinski definition) is 4. The van der Waals surface area contributed by atoms with Crippen molar-refractivity contribution in [2.45, 2.75) is 0 Å². The molecule has 2 aromatic heterocycles. The van der Waals surface area contributed by atoms with Crippen LogP contribution in [0.4, 0.5) is 11.6 Å². The third-order valence-electron chi connectivity index (χ3n) is 6.35. The van der Waals surface area contributed by atoms with Crippen LogP contribution in [0.1, 0.15) is 0 Å². The average Bonchev–Trinajstić information content (AvgIpc) is 3.07. The predicted octanol–water partition coefficient (Wildman–Crippen LogP) is 7.08. The second kappa shape index (κ2) is 14.3. The van der Waals surface area contributed by atoms with Gasteiger partial charge in [-0.3, -0.25) is 0 Å². The average molecular weight is 621 g/mol. The van der Waals surface area contributed by atoms with Crippen molar-refractivity contribution in [2.75, 3.05) is 10.2 Å². The van der Waals surface area contributed by atoms with Crippen molar-refractivity contribution >= 4 is 68.8 Å². The summed E-state index contributed by atoms with van der Waals surface area (Å²) in [5.41, 5.74) is 0. The third kappa shape index (κ3) is 7.28. The lowest BCUT2D eigenvalue weighted by atomic mass is 10.4. The molecule has 0 radical (unpaired) electrons. The van der Waals surface area contributed by atoms with E-state index in [0.717, 1.165) is 32.9 Å². The monoisotopic (exact) mass is 620 g/mol. The lowest BCUT2D eigenvalue weighted by Gasteiger charge is -2.25. The van der Waals surface area contributed by atoms with Gasteiger partial charge < -0.3 is 10.2 Å². The standard InChI is InChI=1S/2C17H15N2PS/c2*21-20(15-9-3-1-4-10-15,16-11-5-2-6-12-16)19-17-13-7-8-14-18-17/h2*1-14H,(H,18,19,21). The first-order chi connectivity index (χ1) is 20.6. The van der Waals surface area contributed by atoms with Crippen LogP contribution >= 0.6 is 12.4 Å². The van der Waals surface area contributed by atoms with Gasteiger partial charge in [0, 0.05) is 33.6 Å². The minimum absolute atomic E-state index is 0.813. The Morgan fingerprint density at radius 3 is 0.857 bits per heavy atom. The maximum absolute atomic E-state index is 6.08. The van der Waals surface area contributed by atoms with Gasteiger partial charge in [0.1, 0.15) is 11.6 Å². The molecule has 0 unspecified atom stereocenters. The summed E-state index contributed by atoms with van der Waals surface area (Å²) in [5.74, 6) is 1.63. The van der Waals surface area contributed by atoms with Gasteiger partial charge in [0.2, 0.25) is 0 Å². The summed E-state index contributed by atoms with van der Waals surface area (Å²) >= 11 is 12.2. The van der Waals surface area contributed by atoms with E-state index in [9.17, 15) is 0 Å². The summed E-state index contributed by atoms with van der Waals surface area (Å²) in [7, 11) is 0. The summed E-state index contributed by atoms with van der Waals surface area (Å²) in [6.07, 6.45) is -0.699. The van der Waals surface area contributed by atoms with E-state index in [1.165, 1.54) is 0 Å². The number of nitrogens with one attached hydrogen (secondary N) is 2. The van der Waals surface area contributed by atoms with Gasteiger partial charge in [-0.05, 0) is 24.3 Å². The normalized spacial score (nSPS) is 11.0. The summed E-state index contributed by atoms with van der Waals surface area (Å²) in [5, 5.41) is 11.5. The van der Waals surface area contributed by atoms with E-state index in [4.69, 9.17) is 23.6 Å². The SMILES string of the molecule is S=P(Nc1ccccn1)(c1ccccc1)c1ccccc1.S=P(Nc1ccccn1)(c1ccccc1)c1ccccc1. The van der Waals surface area contributed by atoms with Crippen LogP contribution in [0.15, 0.2) is 170 Å². The molecular formula is C34H30N4P2S2. The van der Waals surface area contributed by atoms with E-state index in [1.54, 1.807) is 12.4 Å². The second-order valence-electron chi connectivity index (χ2n) is 9.21. The molecule has 2 N–H and O–H groups in total. The highest BCUT2D eigenvalue weighted by atomic mass is 32.4. The lowest BCUT2D eigenvalue weighted by molar-refractivity contribution is 1.33. The topological polar surface area (TPSA) is 49.8 Å². The highest BCUT2D eigenvalue weighted by Crippen LogP contribution is 2.44. The number of benzene rings is 4. The van der Waals surface area contributed by atoms with Gasteiger partial charge in [-0.2, -0.15) is 0 Å². The molecule has 2 heterocycles. The smallest absolute Gasteiger partial charge is 0.130 e. The van der Waals surface area contributed by atoms with Crippen molar-refractivity contribution in [3.63, 3.8) is 0 Å². The molecule has 6 rings (SSSR count). The molecule has 0 bridgehead atoms. The number of rotatable bonds is 8. The first kappa shape index (κ1) is 29.6. The van der Waals surface area contributed by atoms with Crippen molar-refractivity contribution in [1.82, 2.24) is 9.97 Å². The molecule has 42 heavy (non-hydrogen) atoms. The van der Waals surface area contributed by atoms with Crippen molar-refractivity contribution in [3.05, 3.63) is 170 Å². The minimum Gasteiger partial charge on any atom is -0.335 e. The van der Waals surface area contributed by atoms with Crippen LogP contribution in [0, 0.1) is 0 Å². The predicted molar refractivity (Wildman–Crippen MR) is 189 cm³/mol. The van der Waals surface area contributed by atoms with E-state index >= 15 is 0 Å². The summed E-state index contributed by atoms with van der Waals surface area (Å²) < 4.78 is 0. The molecule has 0 saturated heterocycles. The molecular weight excluding hydrogens is 590 g/mol. The zero-order valence-electron chi connectivity index (χ0n) is 22.8. The molecule has 6 aromatic rings. The van der Waals surface area contributed by atoms with Crippen molar-refractivity contribution in [1.29, 1.82) is 0 Å². The van der Waals surface area contributed by atoms with Crippen LogP contribution in [0.5, 0.6) is 0 Å². The molecule has 0 aliphatic carbocycles. The van der Waals surface area contributed by atoms with Gasteiger partial charge in [-0.1, -0.05) is 157 Å². The second-order valence-corrected chi connectivity index (χ2v) is 17.5. The zero-order chi connectivity index (χ0) is 29.1. The van der Waals surface area contributed by atoms with Crippen LogP contribution in [0.25, 0.3) is 0 Å². The quantitative estimate of drug-likeness (QED) is 0.178. The molecule has 0 aliphatic rings. The fraction of sp³-hybridized carbons (Fsp3) is 0. The van der Waals surface area contributed by atoms with Gasteiger partial charge in [0.15, 0.2) is 0 Å². The largest absolute Gasteiger partial charge is 0.335 e. The highest BCUT2D eigenvalue weighted by molar-refractivity contribution is 8.23. The fourth-order valence-corrected chi connectivity index (χ4v) is 10.7. The Labute approximate surface area is 258 Å². The van der Waals surface area contributed by atoms with E-state index in [0.29, 0.717) is 0 Å². The Morgan fingerprint density at radius 2 is 0.619 bits per heavy atom. The summed E-state index contributed by atoms with van der Waals surface area (Å²) in [4.78, 5) is 8.73. The fourth-order valence-electron chi connectivity index (χ4n) is 4.29. The molecule has 208 valence electrons. The maximum Gasteiger partial charge on any atom is 0.130 e. The van der Waals surface area contributed by atoms with Gasteiger partial charge >= 0.3 is 0 Å². The van der Waals surface area contributed by atoms with Crippen LogP contribution in [0.2, 0.25) is 0 Å². The molecule has 0 atom stereocenters. The Kier molecular flexibility index (Phi) is 10.1. The van der Waals surface area contributed by atoms with Crippen LogP contribution in [-0.4, -0.2) is 9.97 Å². The van der Waals surface area contributed by atoms with Crippen molar-refractivity contribution in [2.24, 2.45) is 0 Å². The Balaban J connectivity index is 0.000000168. The molecule has 4 aromatic carbocycles. The highest BCUT2D eigenvalue weighted by Gasteiger charge is 2.23. The number of hydrogen-bond donors (Lipinski definition) is 2. The molecule has 0 saturated carbocycles. The van der Waals surface area contributed by atoms with Crippen molar-refractivity contribution in [3.8, 4) is 0 Å². The molecule has 4 nitrogen and oxygen atoms in total. The lowest BCUT2D eigenvalue weighted by Crippen LogP contribution is -2.21. The van der Waals surface area contributed by atoms with Gasteiger partial charge in [-0.25, -0.2) is 9.97 Å². The van der Waals surface area contributed by atoms with E-state index in [-0.39, 0.29) is 0 Å². The number of aromatic nitrogens is 2. The zero-order valence-corrected chi connectivity index (χ0v) is 26.2. The van der Waals surface area contributed by atoms with E-state index < -0.39 is 12.4 Å². The first-order valence-electron chi connectivity index (χ1n) is 13.4. The summed E-state index contributed by atoms with van der Waals surface area (Å²) in [6, 6.07) is 52.6. The molecule has 0 aliphatic heterocycles. The number of anilines is 2. The van der Waals surface area contributed by atoms with Gasteiger partial charge in [0.25, 0.3) is 0 Å². The Morgan fingerprint density at radius 1 is 0.357 bits per heavy atom. The Hall–Kier alpha value is -3.92. The summed E-state index contributed by atoms with van der Waals surface area (Å²) in [6.45, 7) is 0. The number of pyridine rings is 2. The third-order valence-corrected chi connectivity index (χ3v) is 14.6. The molecule has 0 spiro atoms. The van der Waals surface area contributed by atoms with Crippen molar-refractivity contribution < 1.29 is 0 Å². The number of nitrogens with zero attached hydrogens (tertiary/aromatic N) is 2. The van der Waals surface area contributed by atoms with Crippen LogP contribution < -0.4 is 31.4 Å². The minimum atomic E-state index is -2.13. The molecule has 0 fully saturated rings. The van der Waals surface area contributed by atoms with Crippen LogP contribution in [-0.2, 0) is 23.6 Å². The van der Waals surface area contributed by atoms with Gasteiger partial charge in [0.05, 0.1) is 12.4 Å². The molecule has 0 amide bonds. The van der Waals surface area contributed by atoms with E-state index in [1.807, 2.05) is 109 Å². The maximum atomic E-state index is 6.08. The molecule has 8 heteroatoms. The first-order valence-corrected chi connectivity index (χ1v) is 19.0. The Bertz CT molecular complexity index is 1540. The van der Waals surface area contributed by atoms with E-state index in [2.05, 4.69) is 68.7 Å². The van der Waals surface area contributed by atoms with Gasteiger partial charge in [-0.15, -0.1) is 0 Å². The van der Waals surface area contributed by atoms with Crippen LogP contribution in [0.3, 0.4) is 0 Å².